The molecule has 0 spiro atoms. The van der Waals surface area contributed by atoms with E-state index in [9.17, 15) is 0 Å². The summed E-state index contributed by atoms with van der Waals surface area (Å²) in [6.45, 7) is 0. The third-order valence-corrected chi connectivity index (χ3v) is 5.73. The molecule has 1 heterocycles. The molecule has 1 aromatic heterocycles. The predicted molar refractivity (Wildman–Crippen MR) is 81.7 cm³/mol. The van der Waals surface area contributed by atoms with Crippen molar-refractivity contribution in [3.63, 3.8) is 0 Å². The molecule has 0 saturated carbocycles. The molecule has 0 radical (unpaired) electrons. The third kappa shape index (κ3) is 1.88. The van der Waals surface area contributed by atoms with Crippen molar-refractivity contribution in [2.75, 3.05) is 0 Å². The van der Waals surface area contributed by atoms with E-state index >= 15 is 0 Å². The molecule has 0 unspecified atom stereocenters. The molecular formula is C18H14HgN. The first-order valence-electron chi connectivity index (χ1n) is 7.06. The van der Waals surface area contributed by atoms with Crippen molar-refractivity contribution in [1.29, 1.82) is 0 Å². The van der Waals surface area contributed by atoms with Crippen LogP contribution in [0.3, 0.4) is 0 Å². The molecule has 1 aliphatic rings. The molecule has 0 aliphatic heterocycles. The van der Waals surface area contributed by atoms with E-state index in [1.54, 1.807) is 0 Å². The van der Waals surface area contributed by atoms with Crippen molar-refractivity contribution in [3.05, 3.63) is 60.7 Å². The zero-order valence-electron chi connectivity index (χ0n) is 11.3. The summed E-state index contributed by atoms with van der Waals surface area (Å²) in [7, 11) is 0. The van der Waals surface area contributed by atoms with Gasteiger partial charge in [-0.05, 0) is 0 Å². The quantitative estimate of drug-likeness (QED) is 0.497. The second-order valence-electron chi connectivity index (χ2n) is 5.33. The summed E-state index contributed by atoms with van der Waals surface area (Å²) in [4.78, 5) is 0. The van der Waals surface area contributed by atoms with Crippen LogP contribution in [-0.4, -0.2) is 4.57 Å². The van der Waals surface area contributed by atoms with Gasteiger partial charge in [-0.1, -0.05) is 0 Å². The van der Waals surface area contributed by atoms with Crippen LogP contribution in [-0.2, 0) is 26.1 Å². The second kappa shape index (κ2) is 4.89. The molecule has 3 aromatic rings. The van der Waals surface area contributed by atoms with Gasteiger partial charge in [-0.3, -0.25) is 0 Å². The normalized spacial score (nSPS) is 15.0. The summed E-state index contributed by atoms with van der Waals surface area (Å²) in [5.41, 5.74) is 4.09. The Morgan fingerprint density at radius 3 is 2.65 bits per heavy atom. The van der Waals surface area contributed by atoms with Gasteiger partial charge in [0.2, 0.25) is 0 Å². The molecule has 0 fully saturated rings. The van der Waals surface area contributed by atoms with Gasteiger partial charge in [0, 0.05) is 0 Å². The molecule has 1 aliphatic carbocycles. The molecule has 2 aromatic carbocycles. The summed E-state index contributed by atoms with van der Waals surface area (Å²) in [6, 6.07) is 15.8. The van der Waals surface area contributed by atoms with E-state index < -0.39 is 0 Å². The van der Waals surface area contributed by atoms with Gasteiger partial charge in [0.25, 0.3) is 0 Å². The first-order valence-corrected chi connectivity index (χ1v) is 9.81. The molecule has 93 valence electrons. The number of para-hydroxylation sites is 1. The standard InChI is InChI=1S/C18H14N.Hg/c1-2-8-14(9-3-1)19-17-12-6-4-10-15(17)16-11-5-7-13-18(16)19;/h1-2,4,6-8,10-13H,3,9H2;. The van der Waals surface area contributed by atoms with Crippen LogP contribution in [0.4, 0.5) is 0 Å². The number of fused-ring (bicyclic) bond motifs is 3. The number of rotatable bonds is 1. The number of allylic oxidation sites excluding steroid dienone is 4. The van der Waals surface area contributed by atoms with Crippen LogP contribution in [0.2, 0.25) is 0 Å². The molecular weight excluding hydrogens is 431 g/mol. The van der Waals surface area contributed by atoms with Gasteiger partial charge in [-0.15, -0.1) is 0 Å². The number of aromatic nitrogens is 1. The zero-order chi connectivity index (χ0) is 13.5. The molecule has 0 bridgehead atoms. The van der Waals surface area contributed by atoms with Gasteiger partial charge in [0.05, 0.1) is 0 Å². The number of nitrogens with zero attached hydrogens (tertiary/aromatic N) is 1. The van der Waals surface area contributed by atoms with E-state index in [4.69, 9.17) is 0 Å². The van der Waals surface area contributed by atoms with E-state index in [1.165, 1.54) is 30.6 Å². The Morgan fingerprint density at radius 1 is 0.950 bits per heavy atom. The Balaban J connectivity index is 2.16. The molecule has 1 nitrogen and oxygen atoms in total. The van der Waals surface area contributed by atoms with E-state index in [0.29, 0.717) is 26.1 Å². The first-order chi connectivity index (χ1) is 9.84. The molecule has 2 heteroatoms. The van der Waals surface area contributed by atoms with Crippen LogP contribution in [0.1, 0.15) is 12.8 Å². The Labute approximate surface area is 134 Å². The van der Waals surface area contributed by atoms with Crippen LogP contribution in [0.5, 0.6) is 0 Å². The van der Waals surface area contributed by atoms with Crippen LogP contribution in [0.25, 0.3) is 27.5 Å². The average molecular weight is 445 g/mol. The van der Waals surface area contributed by atoms with Crippen LogP contribution in [0.15, 0.2) is 60.7 Å². The Kier molecular flexibility index (Phi) is 3.03. The summed E-state index contributed by atoms with van der Waals surface area (Å²) in [5, 5.41) is 2.79. The SMILES string of the molecule is [Hg][c]1ccc2c(c1)c1ccccc1n2C1=CC=CCC1. The molecule has 20 heavy (non-hydrogen) atoms. The van der Waals surface area contributed by atoms with Gasteiger partial charge < -0.3 is 0 Å². The minimum absolute atomic E-state index is 0.681. The van der Waals surface area contributed by atoms with Crippen molar-refractivity contribution in [2.24, 2.45) is 0 Å². The van der Waals surface area contributed by atoms with Gasteiger partial charge in [0.1, 0.15) is 0 Å². The fourth-order valence-electron chi connectivity index (χ4n) is 3.11. The van der Waals surface area contributed by atoms with Crippen molar-refractivity contribution in [2.45, 2.75) is 12.8 Å². The molecule has 0 atom stereocenters. The van der Waals surface area contributed by atoms with Crippen molar-refractivity contribution < 1.29 is 26.1 Å². The Morgan fingerprint density at radius 2 is 1.80 bits per heavy atom. The summed E-state index contributed by atoms with van der Waals surface area (Å²) >= 11 is 0.681. The van der Waals surface area contributed by atoms with Crippen LogP contribution >= 0.6 is 0 Å². The summed E-state index contributed by atoms with van der Waals surface area (Å²) in [5.74, 6) is 0. The predicted octanol–water partition coefficient (Wildman–Crippen LogP) is 4.16. The average Bonchev–Trinajstić information content (AvgIpc) is 2.82. The van der Waals surface area contributed by atoms with Crippen molar-refractivity contribution >= 4 is 30.6 Å². The monoisotopic (exact) mass is 446 g/mol. The van der Waals surface area contributed by atoms with Gasteiger partial charge in [-0.25, -0.2) is 0 Å². The minimum atomic E-state index is 0.681. The van der Waals surface area contributed by atoms with E-state index in [2.05, 4.69) is 65.3 Å². The van der Waals surface area contributed by atoms with Gasteiger partial charge >= 0.3 is 135 Å². The molecule has 0 saturated heterocycles. The Hall–Kier alpha value is -1.34. The third-order valence-electron chi connectivity index (χ3n) is 4.02. The molecule has 0 amide bonds. The van der Waals surface area contributed by atoms with Gasteiger partial charge in [-0.2, -0.15) is 0 Å². The number of benzene rings is 2. The summed E-state index contributed by atoms with van der Waals surface area (Å²) < 4.78 is 3.96. The van der Waals surface area contributed by atoms with Crippen molar-refractivity contribution in [3.8, 4) is 0 Å². The maximum absolute atomic E-state index is 2.45. The van der Waals surface area contributed by atoms with E-state index in [0.717, 1.165) is 12.8 Å². The fraction of sp³-hybridized carbons (Fsp3) is 0.111. The number of hydrogen-bond donors (Lipinski definition) is 0. The van der Waals surface area contributed by atoms with Gasteiger partial charge in [0.15, 0.2) is 0 Å². The van der Waals surface area contributed by atoms with Crippen LogP contribution < -0.4 is 3.07 Å². The van der Waals surface area contributed by atoms with Crippen molar-refractivity contribution in [1.82, 2.24) is 4.57 Å². The number of hydrogen-bond acceptors (Lipinski definition) is 0. The van der Waals surface area contributed by atoms with E-state index in [-0.39, 0.29) is 0 Å². The first kappa shape index (κ1) is 12.4. The van der Waals surface area contributed by atoms with E-state index in [1.807, 2.05) is 0 Å². The maximum atomic E-state index is 2.45. The topological polar surface area (TPSA) is 4.93 Å². The molecule has 4 rings (SSSR count). The zero-order valence-corrected chi connectivity index (χ0v) is 16.8. The molecule has 0 N–H and O–H groups in total. The second-order valence-corrected chi connectivity index (χ2v) is 8.50. The van der Waals surface area contributed by atoms with Crippen LogP contribution in [0, 0.1) is 0 Å². The summed E-state index contributed by atoms with van der Waals surface area (Å²) in [6.07, 6.45) is 8.95. The Bertz CT molecular complexity index is 868. The fourth-order valence-corrected chi connectivity index (χ4v) is 4.36.